The van der Waals surface area contributed by atoms with E-state index in [-0.39, 0.29) is 11.6 Å². The topological polar surface area (TPSA) is 57.1 Å². The van der Waals surface area contributed by atoms with Crippen molar-refractivity contribution in [3.63, 3.8) is 0 Å². The van der Waals surface area contributed by atoms with E-state index in [0.29, 0.717) is 39.3 Å². The van der Waals surface area contributed by atoms with Gasteiger partial charge in [-0.3, -0.25) is 0 Å². The van der Waals surface area contributed by atoms with Crippen LogP contribution in [-0.4, -0.2) is 19.0 Å². The van der Waals surface area contributed by atoms with Gasteiger partial charge in [0.15, 0.2) is 17.2 Å². The fourth-order valence-corrected chi connectivity index (χ4v) is 3.83. The molecule has 3 aromatic carbocycles. The zero-order valence-corrected chi connectivity index (χ0v) is 20.4. The van der Waals surface area contributed by atoms with Crippen LogP contribution in [0.1, 0.15) is 16.7 Å². The number of carbonyl (C=O) groups excluding carboxylic acids is 1. The Balaban J connectivity index is 1.54. The van der Waals surface area contributed by atoms with Gasteiger partial charge in [0.25, 0.3) is 0 Å². The highest BCUT2D eigenvalue weighted by molar-refractivity contribution is 14.1. The molecular formula is C24H16Cl2INO4. The predicted molar refractivity (Wildman–Crippen MR) is 134 cm³/mol. The quantitative estimate of drug-likeness (QED) is 0.189. The number of methoxy groups -OCH3 is 1. The molecule has 8 heteroatoms. The molecule has 0 spiro atoms. The number of benzene rings is 3. The maximum atomic E-state index is 12.3. The van der Waals surface area contributed by atoms with Crippen LogP contribution in [0.3, 0.4) is 0 Å². The van der Waals surface area contributed by atoms with Crippen molar-refractivity contribution in [3.05, 3.63) is 96.7 Å². The van der Waals surface area contributed by atoms with Crippen molar-refractivity contribution >= 4 is 63.7 Å². The molecule has 0 N–H and O–H groups in total. The van der Waals surface area contributed by atoms with E-state index < -0.39 is 5.97 Å². The predicted octanol–water partition coefficient (Wildman–Crippen LogP) is 6.53. The lowest BCUT2D eigenvalue weighted by molar-refractivity contribution is -0.129. The standard InChI is InChI=1S/C24H16Cl2INO4/c1-30-22-11-15(4-9-21(22)31-13-14-2-6-17(27)7-3-14)10-20-24(29)32-23(28-20)18-8-5-16(25)12-19(18)26/h2-12H,13H2,1H3/b20-10-. The van der Waals surface area contributed by atoms with Gasteiger partial charge in [-0.25, -0.2) is 9.79 Å². The molecule has 1 heterocycles. The van der Waals surface area contributed by atoms with E-state index in [1.54, 1.807) is 43.5 Å². The van der Waals surface area contributed by atoms with Crippen LogP contribution in [0.2, 0.25) is 10.0 Å². The summed E-state index contributed by atoms with van der Waals surface area (Å²) in [4.78, 5) is 16.6. The lowest BCUT2D eigenvalue weighted by atomic mass is 10.1. The molecule has 1 aliphatic rings. The average molecular weight is 580 g/mol. The number of esters is 1. The number of rotatable bonds is 6. The second kappa shape index (κ2) is 9.94. The number of carbonyl (C=O) groups is 1. The van der Waals surface area contributed by atoms with Crippen LogP contribution < -0.4 is 9.47 Å². The zero-order valence-electron chi connectivity index (χ0n) is 16.8. The number of aliphatic imine (C=N–C) groups is 1. The van der Waals surface area contributed by atoms with Crippen LogP contribution in [0.4, 0.5) is 0 Å². The molecular weight excluding hydrogens is 564 g/mol. The minimum atomic E-state index is -0.566. The third kappa shape index (κ3) is 5.26. The summed E-state index contributed by atoms with van der Waals surface area (Å²) in [6.45, 7) is 0.412. The molecule has 0 fully saturated rings. The molecule has 162 valence electrons. The number of nitrogens with zero attached hydrogens (tertiary/aromatic N) is 1. The van der Waals surface area contributed by atoms with Crippen molar-refractivity contribution in [2.45, 2.75) is 6.61 Å². The Bertz CT molecular complexity index is 1240. The van der Waals surface area contributed by atoms with Crippen molar-refractivity contribution < 1.29 is 19.0 Å². The van der Waals surface area contributed by atoms with Gasteiger partial charge in [-0.2, -0.15) is 0 Å². The fourth-order valence-electron chi connectivity index (χ4n) is 2.98. The fraction of sp³-hybridized carbons (Fsp3) is 0.0833. The van der Waals surface area contributed by atoms with Crippen LogP contribution in [0.25, 0.3) is 6.08 Å². The van der Waals surface area contributed by atoms with Gasteiger partial charge in [0.2, 0.25) is 5.90 Å². The molecule has 0 atom stereocenters. The summed E-state index contributed by atoms with van der Waals surface area (Å²) < 4.78 is 17.8. The van der Waals surface area contributed by atoms with Gasteiger partial charge in [0.05, 0.1) is 17.7 Å². The zero-order chi connectivity index (χ0) is 22.7. The van der Waals surface area contributed by atoms with Gasteiger partial charge in [-0.15, -0.1) is 0 Å². The maximum Gasteiger partial charge on any atom is 0.363 e. The molecule has 4 rings (SSSR count). The lowest BCUT2D eigenvalue weighted by Gasteiger charge is -2.11. The van der Waals surface area contributed by atoms with E-state index in [0.717, 1.165) is 9.13 Å². The number of cyclic esters (lactones) is 1. The molecule has 0 saturated heterocycles. The SMILES string of the molecule is COc1cc(/C=C2\N=C(c3ccc(Cl)cc3Cl)OC2=O)ccc1OCc1ccc(I)cc1. The first-order valence-electron chi connectivity index (χ1n) is 9.46. The molecule has 0 aliphatic carbocycles. The van der Waals surface area contributed by atoms with Crippen LogP contribution in [0.15, 0.2) is 71.4 Å². The average Bonchev–Trinajstić information content (AvgIpc) is 3.13. The molecule has 0 unspecified atom stereocenters. The van der Waals surface area contributed by atoms with E-state index in [1.165, 1.54) is 0 Å². The summed E-state index contributed by atoms with van der Waals surface area (Å²) in [6, 6.07) is 18.3. The number of halogens is 3. The van der Waals surface area contributed by atoms with Gasteiger partial charge in [0.1, 0.15) is 6.61 Å². The highest BCUT2D eigenvalue weighted by Crippen LogP contribution is 2.31. The first kappa shape index (κ1) is 22.6. The van der Waals surface area contributed by atoms with Gasteiger partial charge in [0, 0.05) is 8.59 Å². The number of hydrogen-bond donors (Lipinski definition) is 0. The van der Waals surface area contributed by atoms with E-state index in [2.05, 4.69) is 27.6 Å². The summed E-state index contributed by atoms with van der Waals surface area (Å²) in [5, 5.41) is 0.831. The third-order valence-electron chi connectivity index (χ3n) is 4.58. The van der Waals surface area contributed by atoms with E-state index >= 15 is 0 Å². The minimum absolute atomic E-state index is 0.132. The van der Waals surface area contributed by atoms with E-state index in [9.17, 15) is 4.79 Å². The molecule has 0 saturated carbocycles. The second-order valence-electron chi connectivity index (χ2n) is 6.79. The van der Waals surface area contributed by atoms with E-state index in [4.69, 9.17) is 37.4 Å². The van der Waals surface area contributed by atoms with Crippen molar-refractivity contribution in [3.8, 4) is 11.5 Å². The Hall–Kier alpha value is -2.55. The molecule has 0 radical (unpaired) electrons. The van der Waals surface area contributed by atoms with Crippen molar-refractivity contribution in [2.75, 3.05) is 7.11 Å². The Morgan fingerprint density at radius 2 is 1.81 bits per heavy atom. The Labute approximate surface area is 208 Å². The second-order valence-corrected chi connectivity index (χ2v) is 8.87. The maximum absolute atomic E-state index is 12.3. The molecule has 1 aliphatic heterocycles. The van der Waals surface area contributed by atoms with Crippen molar-refractivity contribution in [2.24, 2.45) is 4.99 Å². The van der Waals surface area contributed by atoms with Gasteiger partial charge < -0.3 is 14.2 Å². The van der Waals surface area contributed by atoms with Gasteiger partial charge >= 0.3 is 5.97 Å². The Morgan fingerprint density at radius 3 is 2.53 bits per heavy atom. The number of hydrogen-bond acceptors (Lipinski definition) is 5. The van der Waals surface area contributed by atoms with Gasteiger partial charge in [-0.05, 0) is 82.3 Å². The normalized spacial score (nSPS) is 14.3. The summed E-state index contributed by atoms with van der Waals surface area (Å²) in [7, 11) is 1.56. The summed E-state index contributed by atoms with van der Waals surface area (Å²) in [5.74, 6) is 0.705. The van der Waals surface area contributed by atoms with Crippen LogP contribution in [0, 0.1) is 3.57 Å². The Kier molecular flexibility index (Phi) is 7.03. The lowest BCUT2D eigenvalue weighted by Crippen LogP contribution is -2.05. The first-order valence-corrected chi connectivity index (χ1v) is 11.3. The number of ether oxygens (including phenoxy) is 3. The molecule has 0 aromatic heterocycles. The summed E-state index contributed by atoms with van der Waals surface area (Å²) in [5.41, 5.74) is 2.41. The monoisotopic (exact) mass is 579 g/mol. The molecule has 0 bridgehead atoms. The van der Waals surface area contributed by atoms with Crippen LogP contribution in [-0.2, 0) is 16.1 Å². The van der Waals surface area contributed by atoms with Gasteiger partial charge in [-0.1, -0.05) is 41.4 Å². The molecule has 3 aromatic rings. The smallest absolute Gasteiger partial charge is 0.363 e. The van der Waals surface area contributed by atoms with Crippen molar-refractivity contribution in [1.82, 2.24) is 0 Å². The van der Waals surface area contributed by atoms with Crippen molar-refractivity contribution in [1.29, 1.82) is 0 Å². The highest BCUT2D eigenvalue weighted by Gasteiger charge is 2.25. The third-order valence-corrected chi connectivity index (χ3v) is 5.85. The van der Waals surface area contributed by atoms with Crippen LogP contribution in [0.5, 0.6) is 11.5 Å². The molecule has 32 heavy (non-hydrogen) atoms. The minimum Gasteiger partial charge on any atom is -0.493 e. The summed E-state index contributed by atoms with van der Waals surface area (Å²) >= 11 is 14.4. The largest absolute Gasteiger partial charge is 0.493 e. The first-order chi connectivity index (χ1) is 15.4. The summed E-state index contributed by atoms with van der Waals surface area (Å²) in [6.07, 6.45) is 1.62. The Morgan fingerprint density at radius 1 is 1.03 bits per heavy atom. The molecule has 5 nitrogen and oxygen atoms in total. The highest BCUT2D eigenvalue weighted by atomic mass is 127. The van der Waals surface area contributed by atoms with Crippen LogP contribution >= 0.6 is 45.8 Å². The van der Waals surface area contributed by atoms with E-state index in [1.807, 2.05) is 30.3 Å². The molecule has 0 amide bonds.